The molecule has 1 aliphatic rings. The third-order valence-electron chi connectivity index (χ3n) is 2.69. The second kappa shape index (κ2) is 3.58. The van der Waals surface area contributed by atoms with Gasteiger partial charge in [0.25, 0.3) is 0 Å². The van der Waals surface area contributed by atoms with Gasteiger partial charge < -0.3 is 10.5 Å². The van der Waals surface area contributed by atoms with Gasteiger partial charge in [0, 0.05) is 12.0 Å². The molecule has 1 aromatic rings. The van der Waals surface area contributed by atoms with E-state index in [-0.39, 0.29) is 11.7 Å². The van der Waals surface area contributed by atoms with Gasteiger partial charge in [-0.25, -0.2) is 4.39 Å². The molecule has 0 fully saturated rings. The van der Waals surface area contributed by atoms with E-state index < -0.39 is 0 Å². The van der Waals surface area contributed by atoms with Crippen LogP contribution in [0.3, 0.4) is 0 Å². The zero-order valence-corrected chi connectivity index (χ0v) is 8.22. The van der Waals surface area contributed by atoms with Gasteiger partial charge in [-0.3, -0.25) is 0 Å². The van der Waals surface area contributed by atoms with E-state index in [1.54, 1.807) is 6.07 Å². The molecule has 0 radical (unpaired) electrons. The Morgan fingerprint density at radius 2 is 2.36 bits per heavy atom. The van der Waals surface area contributed by atoms with Crippen LogP contribution in [0.25, 0.3) is 0 Å². The molecule has 3 heteroatoms. The van der Waals surface area contributed by atoms with Crippen LogP contribution in [0.5, 0.6) is 5.75 Å². The predicted molar refractivity (Wildman–Crippen MR) is 53.1 cm³/mol. The Balaban J connectivity index is 2.51. The van der Waals surface area contributed by atoms with Crippen molar-refractivity contribution >= 4 is 0 Å². The van der Waals surface area contributed by atoms with E-state index in [1.165, 1.54) is 6.07 Å². The summed E-state index contributed by atoms with van der Waals surface area (Å²) in [4.78, 5) is 0. The summed E-state index contributed by atoms with van der Waals surface area (Å²) in [5, 5.41) is 0. The largest absolute Gasteiger partial charge is 0.493 e. The number of hydrogen-bond donors (Lipinski definition) is 1. The van der Waals surface area contributed by atoms with E-state index in [9.17, 15) is 4.39 Å². The lowest BCUT2D eigenvalue weighted by atomic mass is 9.97. The summed E-state index contributed by atoms with van der Waals surface area (Å²) in [5.41, 5.74) is 7.28. The molecule has 0 bridgehead atoms. The van der Waals surface area contributed by atoms with Gasteiger partial charge in [0.1, 0.15) is 11.6 Å². The molecule has 1 heterocycles. The quantitative estimate of drug-likeness (QED) is 0.781. The Morgan fingerprint density at radius 1 is 1.57 bits per heavy atom. The number of fused-ring (bicyclic) bond motifs is 1. The lowest BCUT2D eigenvalue weighted by Gasteiger charge is -2.14. The summed E-state index contributed by atoms with van der Waals surface area (Å²) in [6.45, 7) is 3.01. The van der Waals surface area contributed by atoms with Gasteiger partial charge in [0.15, 0.2) is 0 Å². The molecule has 0 saturated carbocycles. The Morgan fingerprint density at radius 3 is 3.07 bits per heavy atom. The Hall–Kier alpha value is -1.09. The summed E-state index contributed by atoms with van der Waals surface area (Å²) in [7, 11) is 0. The fourth-order valence-electron chi connectivity index (χ4n) is 1.83. The summed E-state index contributed by atoms with van der Waals surface area (Å²) in [5.74, 6) is 0.537. The van der Waals surface area contributed by atoms with Gasteiger partial charge >= 0.3 is 0 Å². The SMILES string of the molecule is CC(CN)c1c(F)ccc2c1OCC2. The van der Waals surface area contributed by atoms with Gasteiger partial charge in [0.2, 0.25) is 0 Å². The van der Waals surface area contributed by atoms with Crippen molar-refractivity contribution in [3.05, 3.63) is 29.1 Å². The molecular formula is C11H14FNO. The first-order chi connectivity index (χ1) is 6.74. The minimum Gasteiger partial charge on any atom is -0.493 e. The third-order valence-corrected chi connectivity index (χ3v) is 2.69. The average molecular weight is 195 g/mol. The summed E-state index contributed by atoms with van der Waals surface area (Å²) >= 11 is 0. The van der Waals surface area contributed by atoms with E-state index in [4.69, 9.17) is 10.5 Å². The van der Waals surface area contributed by atoms with Crippen molar-refractivity contribution in [2.24, 2.45) is 5.73 Å². The molecule has 0 spiro atoms. The van der Waals surface area contributed by atoms with Crippen LogP contribution in [0.15, 0.2) is 12.1 Å². The van der Waals surface area contributed by atoms with E-state index in [1.807, 2.05) is 6.92 Å². The number of nitrogens with two attached hydrogens (primary N) is 1. The second-order valence-electron chi connectivity index (χ2n) is 3.68. The maximum absolute atomic E-state index is 13.5. The number of rotatable bonds is 2. The van der Waals surface area contributed by atoms with Crippen LogP contribution in [0.4, 0.5) is 4.39 Å². The lowest BCUT2D eigenvalue weighted by molar-refractivity contribution is 0.349. The molecule has 1 aromatic carbocycles. The number of halogens is 1. The van der Waals surface area contributed by atoms with Gasteiger partial charge in [0.05, 0.1) is 6.61 Å². The zero-order chi connectivity index (χ0) is 10.1. The molecule has 1 unspecified atom stereocenters. The Bertz CT molecular complexity index is 351. The van der Waals surface area contributed by atoms with Gasteiger partial charge in [-0.15, -0.1) is 0 Å². The van der Waals surface area contributed by atoms with E-state index in [0.717, 1.165) is 17.7 Å². The van der Waals surface area contributed by atoms with Gasteiger partial charge in [-0.2, -0.15) is 0 Å². The highest BCUT2D eigenvalue weighted by molar-refractivity contribution is 5.46. The first-order valence-corrected chi connectivity index (χ1v) is 4.88. The van der Waals surface area contributed by atoms with E-state index in [2.05, 4.69) is 0 Å². The Kier molecular flexibility index (Phi) is 2.42. The van der Waals surface area contributed by atoms with Crippen LogP contribution >= 0.6 is 0 Å². The second-order valence-corrected chi connectivity index (χ2v) is 3.68. The molecule has 2 N–H and O–H groups in total. The molecular weight excluding hydrogens is 181 g/mol. The fraction of sp³-hybridized carbons (Fsp3) is 0.455. The standard InChI is InChI=1S/C11H14FNO/c1-7(6-13)10-9(12)3-2-8-4-5-14-11(8)10/h2-3,7H,4-6,13H2,1H3. The van der Waals surface area contributed by atoms with Crippen LogP contribution in [-0.4, -0.2) is 13.2 Å². The normalized spacial score (nSPS) is 16.2. The molecule has 0 aromatic heterocycles. The van der Waals surface area contributed by atoms with Gasteiger partial charge in [-0.1, -0.05) is 13.0 Å². The number of benzene rings is 1. The molecule has 0 saturated heterocycles. The van der Waals surface area contributed by atoms with Crippen LogP contribution in [0.2, 0.25) is 0 Å². The molecule has 0 aliphatic carbocycles. The summed E-state index contributed by atoms with van der Waals surface area (Å²) in [6, 6.07) is 3.30. The Labute approximate surface area is 82.9 Å². The van der Waals surface area contributed by atoms with Crippen molar-refractivity contribution < 1.29 is 9.13 Å². The van der Waals surface area contributed by atoms with Crippen molar-refractivity contribution in [1.82, 2.24) is 0 Å². The predicted octanol–water partition coefficient (Wildman–Crippen LogP) is 1.82. The van der Waals surface area contributed by atoms with Crippen LogP contribution in [0, 0.1) is 5.82 Å². The van der Waals surface area contributed by atoms with Crippen LogP contribution < -0.4 is 10.5 Å². The smallest absolute Gasteiger partial charge is 0.130 e. The van der Waals surface area contributed by atoms with Gasteiger partial charge in [-0.05, 0) is 24.1 Å². The number of ether oxygens (including phenoxy) is 1. The molecule has 2 rings (SSSR count). The third kappa shape index (κ3) is 1.38. The molecule has 1 atom stereocenters. The highest BCUT2D eigenvalue weighted by Gasteiger charge is 2.22. The minimum absolute atomic E-state index is 0.0167. The van der Waals surface area contributed by atoms with E-state index >= 15 is 0 Å². The molecule has 76 valence electrons. The average Bonchev–Trinajstić information content (AvgIpc) is 2.64. The zero-order valence-electron chi connectivity index (χ0n) is 8.22. The summed E-state index contributed by atoms with van der Waals surface area (Å²) in [6.07, 6.45) is 0.875. The molecule has 2 nitrogen and oxygen atoms in total. The molecule has 14 heavy (non-hydrogen) atoms. The van der Waals surface area contributed by atoms with Crippen molar-refractivity contribution in [3.8, 4) is 5.75 Å². The summed E-state index contributed by atoms with van der Waals surface area (Å²) < 4.78 is 19.0. The first-order valence-electron chi connectivity index (χ1n) is 4.88. The highest BCUT2D eigenvalue weighted by Crippen LogP contribution is 2.35. The van der Waals surface area contributed by atoms with E-state index in [0.29, 0.717) is 18.7 Å². The molecule has 0 amide bonds. The molecule has 1 aliphatic heterocycles. The lowest BCUT2D eigenvalue weighted by Crippen LogP contribution is -2.11. The maximum atomic E-state index is 13.5. The highest BCUT2D eigenvalue weighted by atomic mass is 19.1. The van der Waals surface area contributed by atoms with Crippen LogP contribution in [-0.2, 0) is 6.42 Å². The van der Waals surface area contributed by atoms with Crippen LogP contribution in [0.1, 0.15) is 24.0 Å². The minimum atomic E-state index is -0.205. The fourth-order valence-corrected chi connectivity index (χ4v) is 1.83. The maximum Gasteiger partial charge on any atom is 0.130 e. The van der Waals surface area contributed by atoms with Crippen molar-refractivity contribution in [2.75, 3.05) is 13.2 Å². The topological polar surface area (TPSA) is 35.2 Å². The van der Waals surface area contributed by atoms with Crippen molar-refractivity contribution in [1.29, 1.82) is 0 Å². The number of hydrogen-bond acceptors (Lipinski definition) is 2. The first kappa shape index (κ1) is 9.46. The van der Waals surface area contributed by atoms with Crippen molar-refractivity contribution in [2.45, 2.75) is 19.3 Å². The van der Waals surface area contributed by atoms with Crippen molar-refractivity contribution in [3.63, 3.8) is 0 Å². The monoisotopic (exact) mass is 195 g/mol.